The minimum Gasteiger partial charge on any atom is -0.319 e. The predicted octanol–water partition coefficient (Wildman–Crippen LogP) is 3.69. The van der Waals surface area contributed by atoms with E-state index in [2.05, 4.69) is 31.0 Å². The zero-order valence-electron chi connectivity index (χ0n) is 18.3. The highest BCUT2D eigenvalue weighted by Gasteiger charge is 2.33. The number of benzene rings is 2. The van der Waals surface area contributed by atoms with Crippen LogP contribution < -0.4 is 4.80 Å². The van der Waals surface area contributed by atoms with Gasteiger partial charge in [-0.2, -0.15) is 9.30 Å². The summed E-state index contributed by atoms with van der Waals surface area (Å²) >= 11 is 1.50. The number of nitrogens with zero attached hydrogens (tertiary/aromatic N) is 3. The second-order valence-corrected chi connectivity index (χ2v) is 11.3. The maximum atomic E-state index is 13.0. The Morgan fingerprint density at radius 1 is 1.10 bits per heavy atom. The van der Waals surface area contributed by atoms with E-state index in [0.29, 0.717) is 24.2 Å². The second-order valence-electron chi connectivity index (χ2n) is 8.34. The molecule has 2 aromatic carbocycles. The molecule has 1 unspecified atom stereocenters. The van der Waals surface area contributed by atoms with Crippen LogP contribution in [0.2, 0.25) is 0 Å². The van der Waals surface area contributed by atoms with Crippen molar-refractivity contribution in [1.29, 1.82) is 0 Å². The fraction of sp³-hybridized carbons (Fsp3) is 0.391. The number of sulfonamides is 1. The number of aryl methyl sites for hydroxylation is 4. The molecule has 0 N–H and O–H groups in total. The summed E-state index contributed by atoms with van der Waals surface area (Å²) in [5.74, 6) is -0.678. The molecule has 0 bridgehead atoms. The third kappa shape index (κ3) is 4.24. The van der Waals surface area contributed by atoms with Gasteiger partial charge < -0.3 is 4.57 Å². The zero-order chi connectivity index (χ0) is 22.3. The Labute approximate surface area is 186 Å². The second kappa shape index (κ2) is 8.33. The van der Waals surface area contributed by atoms with Crippen LogP contribution in [0.5, 0.6) is 0 Å². The van der Waals surface area contributed by atoms with E-state index >= 15 is 0 Å². The van der Waals surface area contributed by atoms with E-state index in [1.807, 2.05) is 18.5 Å². The standard InChI is InChI=1S/C23H27N3O3S2/c1-15-7-9-19(10-8-15)31(28,29)26-11-5-6-18(14-26)22(27)24-23-25(4)20-13-16(2)12-17(3)21(20)30-23/h7-10,12-13,18H,5-6,11,14H2,1-4H3. The van der Waals surface area contributed by atoms with E-state index in [1.54, 1.807) is 24.3 Å². The molecule has 0 spiro atoms. The number of piperidine rings is 1. The topological polar surface area (TPSA) is 71.7 Å². The lowest BCUT2D eigenvalue weighted by molar-refractivity contribution is -0.122. The lowest BCUT2D eigenvalue weighted by Crippen LogP contribution is -2.42. The lowest BCUT2D eigenvalue weighted by Gasteiger charge is -2.30. The van der Waals surface area contributed by atoms with Crippen molar-refractivity contribution < 1.29 is 13.2 Å². The average Bonchev–Trinajstić information content (AvgIpc) is 3.04. The Morgan fingerprint density at radius 2 is 1.81 bits per heavy atom. The van der Waals surface area contributed by atoms with Crippen LogP contribution in [0.1, 0.15) is 29.5 Å². The number of carbonyl (C=O) groups is 1. The van der Waals surface area contributed by atoms with Crippen molar-refractivity contribution >= 4 is 37.5 Å². The molecule has 0 radical (unpaired) electrons. The van der Waals surface area contributed by atoms with Gasteiger partial charge in [0.2, 0.25) is 10.0 Å². The van der Waals surface area contributed by atoms with Crippen LogP contribution in [-0.2, 0) is 21.9 Å². The Balaban J connectivity index is 1.61. The van der Waals surface area contributed by atoms with E-state index in [4.69, 9.17) is 0 Å². The van der Waals surface area contributed by atoms with Crippen molar-refractivity contribution in [3.05, 3.63) is 57.9 Å². The van der Waals surface area contributed by atoms with Crippen molar-refractivity contribution in [3.63, 3.8) is 0 Å². The van der Waals surface area contributed by atoms with E-state index in [9.17, 15) is 13.2 Å². The fourth-order valence-corrected chi connectivity index (χ4v) is 6.68. The van der Waals surface area contributed by atoms with E-state index in [-0.39, 0.29) is 17.3 Å². The summed E-state index contributed by atoms with van der Waals surface area (Å²) in [6.07, 6.45) is 1.29. The van der Waals surface area contributed by atoms with Crippen molar-refractivity contribution in [2.24, 2.45) is 18.0 Å². The third-order valence-corrected chi connectivity index (χ3v) is 9.00. The van der Waals surface area contributed by atoms with Gasteiger partial charge in [-0.25, -0.2) is 8.42 Å². The highest BCUT2D eigenvalue weighted by atomic mass is 32.2. The van der Waals surface area contributed by atoms with Crippen molar-refractivity contribution in [2.75, 3.05) is 13.1 Å². The lowest BCUT2D eigenvalue weighted by atomic mass is 9.99. The summed E-state index contributed by atoms with van der Waals surface area (Å²) in [6.45, 7) is 6.63. The monoisotopic (exact) mass is 457 g/mol. The van der Waals surface area contributed by atoms with E-state index in [0.717, 1.165) is 21.3 Å². The number of aromatic nitrogens is 1. The summed E-state index contributed by atoms with van der Waals surface area (Å²) in [5.41, 5.74) is 4.39. The maximum Gasteiger partial charge on any atom is 0.252 e. The molecule has 164 valence electrons. The smallest absolute Gasteiger partial charge is 0.252 e. The van der Waals surface area contributed by atoms with Crippen molar-refractivity contribution in [1.82, 2.24) is 8.87 Å². The van der Waals surface area contributed by atoms with Gasteiger partial charge in [-0.15, -0.1) is 0 Å². The predicted molar refractivity (Wildman–Crippen MR) is 124 cm³/mol. The van der Waals surface area contributed by atoms with Gasteiger partial charge in [0.05, 0.1) is 21.0 Å². The van der Waals surface area contributed by atoms with Gasteiger partial charge >= 0.3 is 0 Å². The van der Waals surface area contributed by atoms with Crippen LogP contribution in [0.4, 0.5) is 0 Å². The largest absolute Gasteiger partial charge is 0.319 e. The molecule has 0 saturated carbocycles. The fourth-order valence-electron chi connectivity index (χ4n) is 4.08. The molecule has 1 atom stereocenters. The number of amides is 1. The molecule has 1 fully saturated rings. The van der Waals surface area contributed by atoms with Crippen LogP contribution in [-0.4, -0.2) is 36.3 Å². The highest BCUT2D eigenvalue weighted by Crippen LogP contribution is 2.26. The Hall–Kier alpha value is -2.29. The van der Waals surface area contributed by atoms with Gasteiger partial charge in [0.25, 0.3) is 5.91 Å². The summed E-state index contributed by atoms with van der Waals surface area (Å²) in [5, 5.41) is 0. The molecular formula is C23H27N3O3S2. The summed E-state index contributed by atoms with van der Waals surface area (Å²) in [6, 6.07) is 11.1. The van der Waals surface area contributed by atoms with Gasteiger partial charge in [0, 0.05) is 20.1 Å². The van der Waals surface area contributed by atoms with Crippen LogP contribution in [0.15, 0.2) is 46.3 Å². The molecule has 3 aromatic rings. The van der Waals surface area contributed by atoms with Gasteiger partial charge in [-0.1, -0.05) is 35.1 Å². The molecule has 1 aliphatic rings. The van der Waals surface area contributed by atoms with Crippen molar-refractivity contribution in [2.45, 2.75) is 38.5 Å². The Bertz CT molecular complexity index is 1320. The molecular weight excluding hydrogens is 430 g/mol. The van der Waals surface area contributed by atoms with Gasteiger partial charge in [0.15, 0.2) is 4.80 Å². The van der Waals surface area contributed by atoms with Gasteiger partial charge in [-0.05, 0) is 62.9 Å². The van der Waals surface area contributed by atoms with Crippen molar-refractivity contribution in [3.8, 4) is 0 Å². The first-order valence-electron chi connectivity index (χ1n) is 10.4. The van der Waals surface area contributed by atoms with E-state index < -0.39 is 15.9 Å². The average molecular weight is 458 g/mol. The molecule has 1 saturated heterocycles. The molecule has 1 amide bonds. The quantitative estimate of drug-likeness (QED) is 0.602. The first kappa shape index (κ1) is 21.9. The molecule has 2 heterocycles. The van der Waals surface area contributed by atoms with Crippen LogP contribution >= 0.6 is 11.3 Å². The minimum absolute atomic E-state index is 0.172. The van der Waals surface area contributed by atoms with Crippen LogP contribution in [0.25, 0.3) is 10.2 Å². The van der Waals surface area contributed by atoms with E-state index in [1.165, 1.54) is 21.2 Å². The number of rotatable bonds is 3. The normalized spacial score (nSPS) is 18.6. The Kier molecular flexibility index (Phi) is 5.89. The molecule has 8 heteroatoms. The first-order chi connectivity index (χ1) is 14.7. The number of fused-ring (bicyclic) bond motifs is 1. The zero-order valence-corrected chi connectivity index (χ0v) is 19.9. The molecule has 6 nitrogen and oxygen atoms in total. The molecule has 0 aliphatic carbocycles. The van der Waals surface area contributed by atoms with Gasteiger partial charge in [0.1, 0.15) is 0 Å². The minimum atomic E-state index is -3.62. The highest BCUT2D eigenvalue weighted by molar-refractivity contribution is 7.89. The maximum absolute atomic E-state index is 13.0. The van der Waals surface area contributed by atoms with Gasteiger partial charge in [-0.3, -0.25) is 4.79 Å². The summed E-state index contributed by atoms with van der Waals surface area (Å²) in [4.78, 5) is 18.3. The molecule has 31 heavy (non-hydrogen) atoms. The molecule has 1 aliphatic heterocycles. The Morgan fingerprint density at radius 3 is 2.52 bits per heavy atom. The summed E-state index contributed by atoms with van der Waals surface area (Å²) < 4.78 is 30.6. The first-order valence-corrected chi connectivity index (χ1v) is 12.6. The number of hydrogen-bond donors (Lipinski definition) is 0. The number of hydrogen-bond acceptors (Lipinski definition) is 4. The van der Waals surface area contributed by atoms with Crippen LogP contribution in [0, 0.1) is 26.7 Å². The molecule has 4 rings (SSSR count). The third-order valence-electron chi connectivity index (χ3n) is 5.84. The molecule has 1 aromatic heterocycles. The van der Waals surface area contributed by atoms with Crippen LogP contribution in [0.3, 0.4) is 0 Å². The summed E-state index contributed by atoms with van der Waals surface area (Å²) in [7, 11) is -1.70. The number of thiazole rings is 1. The number of carbonyl (C=O) groups excluding carboxylic acids is 1. The SMILES string of the molecule is Cc1ccc(S(=O)(=O)N2CCCC(C(=O)N=c3sc4c(C)cc(C)cc4n3C)C2)cc1.